The van der Waals surface area contributed by atoms with Gasteiger partial charge in [0.1, 0.15) is 5.75 Å². The third kappa shape index (κ3) is 3.73. The average molecular weight is 464 g/mol. The molecule has 9 heteroatoms. The van der Waals surface area contributed by atoms with Gasteiger partial charge in [-0.1, -0.05) is 17.7 Å². The van der Waals surface area contributed by atoms with E-state index in [1.165, 1.54) is 18.1 Å². The number of hydrogen-bond donors (Lipinski definition) is 0. The van der Waals surface area contributed by atoms with Crippen LogP contribution in [0.4, 0.5) is 23.7 Å². The molecule has 1 heterocycles. The highest BCUT2D eigenvalue weighted by Gasteiger charge is 2.33. The molecule has 2 aromatic carbocycles. The van der Waals surface area contributed by atoms with Crippen LogP contribution in [0, 0.1) is 0 Å². The fourth-order valence-electron chi connectivity index (χ4n) is 2.94. The maximum atomic E-state index is 13.2. The average Bonchev–Trinajstić information content (AvgIpc) is 2.92. The molecule has 144 valence electrons. The first-order valence-electron chi connectivity index (χ1n) is 7.90. The van der Waals surface area contributed by atoms with Gasteiger partial charge in [0, 0.05) is 25.7 Å². The van der Waals surface area contributed by atoms with Crippen molar-refractivity contribution >= 4 is 39.2 Å². The van der Waals surface area contributed by atoms with Crippen LogP contribution in [0.2, 0.25) is 5.02 Å². The van der Waals surface area contributed by atoms with Crippen molar-refractivity contribution in [1.82, 2.24) is 4.90 Å². The van der Waals surface area contributed by atoms with Gasteiger partial charge < -0.3 is 9.64 Å². The number of ether oxygens (including phenoxy) is 1. The maximum absolute atomic E-state index is 13.2. The molecule has 1 saturated heterocycles. The van der Waals surface area contributed by atoms with E-state index >= 15 is 0 Å². The van der Waals surface area contributed by atoms with Crippen LogP contribution in [0.15, 0.2) is 34.8 Å². The normalized spacial score (nSPS) is 14.9. The van der Waals surface area contributed by atoms with Gasteiger partial charge in [-0.3, -0.25) is 4.90 Å². The Kier molecular flexibility index (Phi) is 5.31. The first-order chi connectivity index (χ1) is 12.6. The Bertz CT molecular complexity index is 905. The minimum absolute atomic E-state index is 0.177. The number of hydrogen-bond acceptors (Lipinski definition) is 2. The Morgan fingerprint density at radius 3 is 2.41 bits per heavy atom. The van der Waals surface area contributed by atoms with Crippen molar-refractivity contribution in [3.63, 3.8) is 0 Å². The van der Waals surface area contributed by atoms with Crippen LogP contribution in [0.1, 0.15) is 5.56 Å². The number of amides is 2. The van der Waals surface area contributed by atoms with Crippen LogP contribution in [0.25, 0.3) is 11.1 Å². The van der Waals surface area contributed by atoms with E-state index in [9.17, 15) is 18.0 Å². The lowest BCUT2D eigenvalue weighted by molar-refractivity contribution is -0.137. The second-order valence-corrected chi connectivity index (χ2v) is 7.32. The number of anilines is 1. The van der Waals surface area contributed by atoms with Crippen LogP contribution in [0.5, 0.6) is 5.75 Å². The van der Waals surface area contributed by atoms with Gasteiger partial charge in [-0.05, 0) is 45.8 Å². The fourth-order valence-corrected chi connectivity index (χ4v) is 3.85. The van der Waals surface area contributed by atoms with Crippen LogP contribution in [0.3, 0.4) is 0 Å². The Hall–Kier alpha value is -1.93. The molecular formula is C18H15BrClF3N2O2. The van der Waals surface area contributed by atoms with Gasteiger partial charge in [-0.2, -0.15) is 13.2 Å². The highest BCUT2D eigenvalue weighted by atomic mass is 79.9. The van der Waals surface area contributed by atoms with Gasteiger partial charge in [-0.25, -0.2) is 4.79 Å². The second-order valence-electron chi connectivity index (χ2n) is 6.06. The summed E-state index contributed by atoms with van der Waals surface area (Å²) in [7, 11) is 3.07. The molecule has 1 fully saturated rings. The van der Waals surface area contributed by atoms with E-state index in [1.54, 1.807) is 24.1 Å². The molecule has 0 aromatic heterocycles. The molecule has 0 saturated carbocycles. The number of methoxy groups -OCH3 is 1. The van der Waals surface area contributed by atoms with E-state index in [1.807, 2.05) is 0 Å². The van der Waals surface area contributed by atoms with Crippen LogP contribution in [-0.2, 0) is 6.18 Å². The first-order valence-corrected chi connectivity index (χ1v) is 9.08. The lowest BCUT2D eigenvalue weighted by Gasteiger charge is -2.19. The molecule has 1 aliphatic rings. The van der Waals surface area contributed by atoms with Gasteiger partial charge in [0.05, 0.1) is 27.9 Å². The van der Waals surface area contributed by atoms with E-state index < -0.39 is 11.7 Å². The number of halogens is 5. The van der Waals surface area contributed by atoms with Crippen molar-refractivity contribution in [1.29, 1.82) is 0 Å². The predicted octanol–water partition coefficient (Wildman–Crippen LogP) is 5.67. The summed E-state index contributed by atoms with van der Waals surface area (Å²) in [6.07, 6.45) is -4.50. The lowest BCUT2D eigenvalue weighted by atomic mass is 10.0. The van der Waals surface area contributed by atoms with Gasteiger partial charge >= 0.3 is 12.2 Å². The predicted molar refractivity (Wildman–Crippen MR) is 102 cm³/mol. The second kappa shape index (κ2) is 7.24. The van der Waals surface area contributed by atoms with Gasteiger partial charge in [-0.15, -0.1) is 0 Å². The molecule has 0 N–H and O–H groups in total. The van der Waals surface area contributed by atoms with E-state index in [-0.39, 0.29) is 26.8 Å². The minimum Gasteiger partial charge on any atom is -0.495 e. The highest BCUT2D eigenvalue weighted by molar-refractivity contribution is 9.10. The fraction of sp³-hybridized carbons (Fsp3) is 0.278. The molecule has 4 nitrogen and oxygen atoms in total. The highest BCUT2D eigenvalue weighted by Crippen LogP contribution is 2.43. The summed E-state index contributed by atoms with van der Waals surface area (Å²) in [5.41, 5.74) is 0.409. The van der Waals surface area contributed by atoms with E-state index in [0.29, 0.717) is 24.3 Å². The number of alkyl halides is 3. The van der Waals surface area contributed by atoms with Crippen molar-refractivity contribution < 1.29 is 22.7 Å². The Labute approximate surface area is 167 Å². The molecular weight excluding hydrogens is 449 g/mol. The summed E-state index contributed by atoms with van der Waals surface area (Å²) in [6.45, 7) is 1.07. The first kappa shape index (κ1) is 19.8. The molecule has 27 heavy (non-hydrogen) atoms. The van der Waals surface area contributed by atoms with Crippen LogP contribution < -0.4 is 9.64 Å². The summed E-state index contributed by atoms with van der Waals surface area (Å²) in [5, 5.41) is 0.270. The molecule has 1 aliphatic heterocycles. The molecule has 0 bridgehead atoms. The van der Waals surface area contributed by atoms with E-state index in [4.69, 9.17) is 16.3 Å². The molecule has 0 radical (unpaired) electrons. The monoisotopic (exact) mass is 462 g/mol. The third-order valence-corrected chi connectivity index (χ3v) is 5.23. The third-order valence-electron chi connectivity index (χ3n) is 4.34. The van der Waals surface area contributed by atoms with Crippen molar-refractivity contribution in [2.75, 3.05) is 32.1 Å². The van der Waals surface area contributed by atoms with Crippen molar-refractivity contribution in [3.05, 3.63) is 45.4 Å². The quantitative estimate of drug-likeness (QED) is 0.588. The molecule has 0 atom stereocenters. The number of urea groups is 1. The maximum Gasteiger partial charge on any atom is 0.416 e. The van der Waals surface area contributed by atoms with Crippen LogP contribution >= 0.6 is 27.5 Å². The molecule has 0 aliphatic carbocycles. The Balaban J connectivity index is 2.08. The number of benzene rings is 2. The Morgan fingerprint density at radius 1 is 1.19 bits per heavy atom. The van der Waals surface area contributed by atoms with Crippen molar-refractivity contribution in [3.8, 4) is 16.9 Å². The topological polar surface area (TPSA) is 32.8 Å². The van der Waals surface area contributed by atoms with Crippen molar-refractivity contribution in [2.45, 2.75) is 6.18 Å². The number of carbonyl (C=O) groups excluding carboxylic acids is 1. The smallest absolute Gasteiger partial charge is 0.416 e. The zero-order valence-corrected chi connectivity index (χ0v) is 16.7. The van der Waals surface area contributed by atoms with Gasteiger partial charge in [0.2, 0.25) is 0 Å². The number of rotatable bonds is 3. The zero-order valence-electron chi connectivity index (χ0n) is 14.4. The summed E-state index contributed by atoms with van der Waals surface area (Å²) < 4.78 is 45.0. The lowest BCUT2D eigenvalue weighted by Crippen LogP contribution is -2.29. The summed E-state index contributed by atoms with van der Waals surface area (Å²) >= 11 is 9.48. The van der Waals surface area contributed by atoms with Gasteiger partial charge in [0.25, 0.3) is 0 Å². The molecule has 2 aromatic rings. The molecule has 3 rings (SSSR count). The van der Waals surface area contributed by atoms with Gasteiger partial charge in [0.15, 0.2) is 0 Å². The van der Waals surface area contributed by atoms with E-state index in [2.05, 4.69) is 15.9 Å². The SMILES string of the molecule is COc1c(Br)cc(C(F)(F)F)cc1-c1ccc(N2CCN(C)C2=O)c(Cl)c1. The minimum atomic E-state index is -4.50. The number of nitrogens with zero attached hydrogens (tertiary/aromatic N) is 2. The Morgan fingerprint density at radius 2 is 1.89 bits per heavy atom. The summed E-state index contributed by atoms with van der Waals surface area (Å²) in [5.74, 6) is 0.267. The van der Waals surface area contributed by atoms with Crippen molar-refractivity contribution in [2.24, 2.45) is 0 Å². The number of likely N-dealkylation sites (N-methyl/N-ethyl adjacent to an activating group) is 1. The standard InChI is InChI=1S/C18H15BrClF3N2O2/c1-24-5-6-25(17(24)26)15-4-3-10(7-14(15)20)12-8-11(18(21,22)23)9-13(19)16(12)27-2/h3-4,7-9H,5-6H2,1-2H3. The molecule has 2 amide bonds. The van der Waals surface area contributed by atoms with Crippen LogP contribution in [-0.4, -0.2) is 38.2 Å². The summed E-state index contributed by atoms with van der Waals surface area (Å²) in [4.78, 5) is 15.3. The molecule has 0 unspecified atom stereocenters. The summed E-state index contributed by atoms with van der Waals surface area (Å²) in [6, 6.07) is 6.59. The zero-order chi connectivity index (χ0) is 19.9. The molecule has 0 spiro atoms. The number of carbonyl (C=O) groups is 1. The largest absolute Gasteiger partial charge is 0.495 e. The van der Waals surface area contributed by atoms with E-state index in [0.717, 1.165) is 12.1 Å².